The highest BCUT2D eigenvalue weighted by atomic mass is 35.5. The van der Waals surface area contributed by atoms with Crippen LogP contribution < -0.4 is 0 Å². The molecule has 0 saturated carbocycles. The van der Waals surface area contributed by atoms with Crippen LogP contribution in [0.3, 0.4) is 0 Å². The molecule has 0 saturated heterocycles. The van der Waals surface area contributed by atoms with Crippen molar-refractivity contribution in [2.75, 3.05) is 0 Å². The van der Waals surface area contributed by atoms with Crippen molar-refractivity contribution < 1.29 is 17.6 Å². The summed E-state index contributed by atoms with van der Waals surface area (Å²) in [5, 5.41) is 0.631. The molecule has 0 aliphatic carbocycles. The molecule has 0 spiro atoms. The van der Waals surface area contributed by atoms with Crippen molar-refractivity contribution in [3.63, 3.8) is 0 Å². The highest BCUT2D eigenvalue weighted by molar-refractivity contribution is 7.90. The van der Waals surface area contributed by atoms with Crippen LogP contribution in [0.5, 0.6) is 0 Å². The van der Waals surface area contributed by atoms with E-state index >= 15 is 0 Å². The zero-order valence-corrected chi connectivity index (χ0v) is 23.7. The Morgan fingerprint density at radius 3 is 2.50 bits per heavy atom. The number of carbonyl (C=O) groups excluding carboxylic acids is 1. The summed E-state index contributed by atoms with van der Waals surface area (Å²) in [7, 11) is -3.77. The number of imidazole rings is 1. The predicted octanol–water partition coefficient (Wildman–Crippen LogP) is 6.56. The SMILES string of the molecule is Cc1ccccc1CS(=O)(=O)c1ncc(CN(Cc2ccco2)C(=O)c2ccc(Cl)cc2Cl)n1CC(C)C. The van der Waals surface area contributed by atoms with Gasteiger partial charge in [-0.2, -0.15) is 0 Å². The number of carbonyl (C=O) groups is 1. The second kappa shape index (κ2) is 11.8. The first kappa shape index (κ1) is 28.0. The van der Waals surface area contributed by atoms with E-state index < -0.39 is 9.84 Å². The molecule has 2 aromatic carbocycles. The molecule has 1 amide bonds. The van der Waals surface area contributed by atoms with E-state index in [1.54, 1.807) is 33.7 Å². The summed E-state index contributed by atoms with van der Waals surface area (Å²) in [6.07, 6.45) is 3.06. The van der Waals surface area contributed by atoms with E-state index in [-0.39, 0.29) is 46.4 Å². The van der Waals surface area contributed by atoms with Crippen LogP contribution in [0, 0.1) is 12.8 Å². The van der Waals surface area contributed by atoms with Gasteiger partial charge in [0.15, 0.2) is 0 Å². The van der Waals surface area contributed by atoms with Crippen LogP contribution in [0.2, 0.25) is 10.0 Å². The third-order valence-electron chi connectivity index (χ3n) is 6.06. The maximum absolute atomic E-state index is 13.6. The second-order valence-corrected chi connectivity index (χ2v) is 12.3. The van der Waals surface area contributed by atoms with E-state index in [4.69, 9.17) is 27.6 Å². The molecule has 0 N–H and O–H groups in total. The smallest absolute Gasteiger partial charge is 0.256 e. The maximum Gasteiger partial charge on any atom is 0.256 e. The third-order valence-corrected chi connectivity index (χ3v) is 8.18. The topological polar surface area (TPSA) is 85.4 Å². The lowest BCUT2D eigenvalue weighted by atomic mass is 10.1. The molecule has 0 radical (unpaired) electrons. The summed E-state index contributed by atoms with van der Waals surface area (Å²) in [4.78, 5) is 19.5. The first-order chi connectivity index (χ1) is 18.0. The summed E-state index contributed by atoms with van der Waals surface area (Å²) >= 11 is 12.4. The number of hydrogen-bond donors (Lipinski definition) is 0. The van der Waals surface area contributed by atoms with Gasteiger partial charge in [-0.1, -0.05) is 61.3 Å². The fourth-order valence-corrected chi connectivity index (χ4v) is 6.28. The van der Waals surface area contributed by atoms with Gasteiger partial charge in [-0.3, -0.25) is 4.79 Å². The Morgan fingerprint density at radius 1 is 1.08 bits per heavy atom. The van der Waals surface area contributed by atoms with Gasteiger partial charge in [0.1, 0.15) is 5.76 Å². The molecule has 0 fully saturated rings. The van der Waals surface area contributed by atoms with Gasteiger partial charge >= 0.3 is 0 Å². The molecular weight excluding hydrogens is 545 g/mol. The fraction of sp³-hybridized carbons (Fsp3) is 0.286. The summed E-state index contributed by atoms with van der Waals surface area (Å²) in [6, 6.07) is 15.6. The van der Waals surface area contributed by atoms with Crippen LogP contribution in [0.25, 0.3) is 0 Å². The van der Waals surface area contributed by atoms with Gasteiger partial charge in [0.25, 0.3) is 5.91 Å². The summed E-state index contributed by atoms with van der Waals surface area (Å²) in [5.41, 5.74) is 2.49. The number of rotatable bonds is 10. The summed E-state index contributed by atoms with van der Waals surface area (Å²) < 4.78 is 34.3. The molecule has 200 valence electrons. The number of hydrogen-bond acceptors (Lipinski definition) is 5. The van der Waals surface area contributed by atoms with Gasteiger partial charge < -0.3 is 13.9 Å². The van der Waals surface area contributed by atoms with Crippen molar-refractivity contribution >= 4 is 38.9 Å². The van der Waals surface area contributed by atoms with E-state index in [1.165, 1.54) is 18.5 Å². The zero-order valence-electron chi connectivity index (χ0n) is 21.4. The van der Waals surface area contributed by atoms with Crippen molar-refractivity contribution in [2.24, 2.45) is 5.92 Å². The highest BCUT2D eigenvalue weighted by Gasteiger charge is 2.27. The molecule has 10 heteroatoms. The van der Waals surface area contributed by atoms with Crippen molar-refractivity contribution in [2.45, 2.75) is 51.3 Å². The molecule has 0 unspecified atom stereocenters. The Morgan fingerprint density at radius 2 is 1.84 bits per heavy atom. The predicted molar refractivity (Wildman–Crippen MR) is 148 cm³/mol. The largest absolute Gasteiger partial charge is 0.467 e. The molecule has 0 atom stereocenters. The lowest BCUT2D eigenvalue weighted by molar-refractivity contribution is 0.0713. The van der Waals surface area contributed by atoms with Gasteiger partial charge in [-0.25, -0.2) is 13.4 Å². The molecule has 38 heavy (non-hydrogen) atoms. The summed E-state index contributed by atoms with van der Waals surface area (Å²) in [5.74, 6) is 0.203. The van der Waals surface area contributed by atoms with Crippen LogP contribution in [-0.4, -0.2) is 28.8 Å². The monoisotopic (exact) mass is 573 g/mol. The van der Waals surface area contributed by atoms with E-state index in [2.05, 4.69) is 4.98 Å². The maximum atomic E-state index is 13.6. The molecule has 2 aromatic heterocycles. The average molecular weight is 575 g/mol. The number of aromatic nitrogens is 2. The van der Waals surface area contributed by atoms with E-state index in [0.717, 1.165) is 11.1 Å². The van der Waals surface area contributed by atoms with E-state index in [1.807, 2.05) is 45.0 Å². The Hall–Kier alpha value is -3.07. The number of amides is 1. The van der Waals surface area contributed by atoms with Gasteiger partial charge in [0.05, 0.1) is 47.6 Å². The van der Waals surface area contributed by atoms with Gasteiger partial charge in [0.2, 0.25) is 15.0 Å². The van der Waals surface area contributed by atoms with Crippen LogP contribution in [-0.2, 0) is 35.2 Å². The second-order valence-electron chi connectivity index (χ2n) is 9.59. The molecule has 0 aliphatic heterocycles. The molecule has 4 rings (SSSR count). The molecule has 7 nitrogen and oxygen atoms in total. The number of sulfone groups is 1. The fourth-order valence-electron chi connectivity index (χ4n) is 4.19. The average Bonchev–Trinajstić information content (AvgIpc) is 3.50. The summed E-state index contributed by atoms with van der Waals surface area (Å²) in [6.45, 7) is 6.56. The Labute approximate surface area is 232 Å². The lowest BCUT2D eigenvalue weighted by Gasteiger charge is -2.24. The first-order valence-electron chi connectivity index (χ1n) is 12.1. The Kier molecular flexibility index (Phi) is 8.65. The van der Waals surface area contributed by atoms with Gasteiger partial charge in [-0.15, -0.1) is 0 Å². The van der Waals surface area contributed by atoms with Crippen molar-refractivity contribution in [1.82, 2.24) is 14.5 Å². The number of halogens is 2. The molecule has 2 heterocycles. The van der Waals surface area contributed by atoms with Crippen LogP contribution in [0.1, 0.15) is 46.8 Å². The van der Waals surface area contributed by atoms with Crippen LogP contribution in [0.4, 0.5) is 0 Å². The van der Waals surface area contributed by atoms with Gasteiger partial charge in [-0.05, 0) is 54.3 Å². The Bertz CT molecular complexity index is 1530. The van der Waals surface area contributed by atoms with Gasteiger partial charge in [0, 0.05) is 11.6 Å². The molecule has 0 bridgehead atoms. The standard InChI is InChI=1S/C28H29Cl2N3O4S/c1-19(2)15-33-23(14-31-28(33)38(35,36)18-21-8-5-4-7-20(21)3)16-32(17-24-9-6-12-37-24)27(34)25-11-10-22(29)13-26(25)30/h4-14,19H,15-18H2,1-3H3. The van der Waals surface area contributed by atoms with Crippen LogP contribution in [0.15, 0.2) is 76.6 Å². The minimum Gasteiger partial charge on any atom is -0.467 e. The minimum atomic E-state index is -3.77. The number of aryl methyl sites for hydroxylation is 1. The quantitative estimate of drug-likeness (QED) is 0.214. The number of nitrogens with zero attached hydrogens (tertiary/aromatic N) is 3. The van der Waals surface area contributed by atoms with Crippen molar-refractivity contribution in [3.8, 4) is 0 Å². The highest BCUT2D eigenvalue weighted by Crippen LogP contribution is 2.26. The number of furan rings is 1. The normalized spacial score (nSPS) is 11.7. The number of benzene rings is 2. The third kappa shape index (κ3) is 6.49. The van der Waals surface area contributed by atoms with E-state index in [0.29, 0.717) is 23.0 Å². The first-order valence-corrected chi connectivity index (χ1v) is 14.5. The molecule has 0 aliphatic rings. The Balaban J connectivity index is 1.72. The zero-order chi connectivity index (χ0) is 27.4. The lowest BCUT2D eigenvalue weighted by Crippen LogP contribution is -2.31. The minimum absolute atomic E-state index is 0.0145. The van der Waals surface area contributed by atoms with Crippen LogP contribution >= 0.6 is 23.2 Å². The molecule has 4 aromatic rings. The van der Waals surface area contributed by atoms with E-state index in [9.17, 15) is 13.2 Å². The van der Waals surface area contributed by atoms with Crippen molar-refractivity contribution in [3.05, 3.63) is 105 Å². The van der Waals surface area contributed by atoms with Crippen molar-refractivity contribution in [1.29, 1.82) is 0 Å². The molecular formula is C28H29Cl2N3O4S.